The highest BCUT2D eigenvalue weighted by molar-refractivity contribution is 7.98. The average Bonchev–Trinajstić information content (AvgIpc) is 2.54. The predicted molar refractivity (Wildman–Crippen MR) is 97.5 cm³/mol. The number of aromatic nitrogens is 1. The van der Waals surface area contributed by atoms with E-state index in [1.165, 1.54) is 0 Å². The minimum absolute atomic E-state index is 0.0850. The number of carbonyl (C=O) groups is 1. The molecule has 3 rings (SSSR count). The summed E-state index contributed by atoms with van der Waals surface area (Å²) in [6.07, 6.45) is 7.27. The van der Waals surface area contributed by atoms with E-state index in [4.69, 9.17) is 11.6 Å². The molecule has 1 aliphatic rings. The van der Waals surface area contributed by atoms with Gasteiger partial charge in [-0.05, 0) is 54.2 Å². The van der Waals surface area contributed by atoms with E-state index in [-0.39, 0.29) is 11.8 Å². The molecule has 0 saturated heterocycles. The zero-order valence-corrected chi connectivity index (χ0v) is 14.6. The van der Waals surface area contributed by atoms with Gasteiger partial charge in [0, 0.05) is 17.8 Å². The van der Waals surface area contributed by atoms with Crippen LogP contribution < -0.4 is 4.90 Å². The first-order valence-corrected chi connectivity index (χ1v) is 9.47. The van der Waals surface area contributed by atoms with Gasteiger partial charge in [0.1, 0.15) is 0 Å². The molecule has 2 aromatic rings. The average molecular weight is 347 g/mol. The largest absolute Gasteiger partial charge is 0.310 e. The predicted octanol–water partition coefficient (Wildman–Crippen LogP) is 4.16. The van der Waals surface area contributed by atoms with Gasteiger partial charge in [0.15, 0.2) is 0 Å². The van der Waals surface area contributed by atoms with Crippen LogP contribution in [0.3, 0.4) is 0 Å². The molecule has 0 bridgehead atoms. The maximum absolute atomic E-state index is 13.0. The molecule has 1 atom stereocenters. The van der Waals surface area contributed by atoms with Crippen molar-refractivity contribution in [3.05, 3.63) is 58.9 Å². The number of rotatable bonds is 6. The van der Waals surface area contributed by atoms with Crippen LogP contribution in [-0.2, 0) is 11.2 Å². The Labute approximate surface area is 146 Å². The fourth-order valence-electron chi connectivity index (χ4n) is 2.96. The molecule has 5 heteroatoms. The van der Waals surface area contributed by atoms with Gasteiger partial charge in [-0.3, -0.25) is 9.78 Å². The SMILES string of the molecule is CSCCCN(C(=O)C1Cc2c(Cl)cccc21)c1cccnc1. The van der Waals surface area contributed by atoms with Crippen molar-refractivity contribution >= 4 is 35.0 Å². The minimum atomic E-state index is -0.0850. The van der Waals surface area contributed by atoms with E-state index in [1.807, 2.05) is 35.2 Å². The Balaban J connectivity index is 1.81. The van der Waals surface area contributed by atoms with Crippen molar-refractivity contribution in [2.24, 2.45) is 0 Å². The second kappa shape index (κ2) is 7.37. The van der Waals surface area contributed by atoms with Crippen LogP contribution in [0, 0.1) is 0 Å². The molecule has 1 aromatic carbocycles. The molecular formula is C18H19ClN2OS. The number of benzene rings is 1. The second-order valence-electron chi connectivity index (χ2n) is 5.61. The summed E-state index contributed by atoms with van der Waals surface area (Å²) in [6.45, 7) is 0.720. The molecule has 0 fully saturated rings. The van der Waals surface area contributed by atoms with Crippen molar-refractivity contribution in [1.29, 1.82) is 0 Å². The normalized spacial score (nSPS) is 15.7. The smallest absolute Gasteiger partial charge is 0.234 e. The van der Waals surface area contributed by atoms with Gasteiger partial charge < -0.3 is 4.90 Å². The third-order valence-corrected chi connectivity index (χ3v) is 5.24. The van der Waals surface area contributed by atoms with Crippen molar-refractivity contribution in [2.45, 2.75) is 18.8 Å². The molecule has 23 heavy (non-hydrogen) atoms. The van der Waals surface area contributed by atoms with Gasteiger partial charge in [0.25, 0.3) is 0 Å². The van der Waals surface area contributed by atoms with Crippen LogP contribution in [0.15, 0.2) is 42.7 Å². The number of fused-ring (bicyclic) bond motifs is 1. The first-order chi connectivity index (χ1) is 11.2. The molecule has 120 valence electrons. The molecule has 1 aliphatic carbocycles. The lowest BCUT2D eigenvalue weighted by atomic mass is 9.76. The fourth-order valence-corrected chi connectivity index (χ4v) is 3.63. The Bertz CT molecular complexity index is 693. The number of carbonyl (C=O) groups excluding carboxylic acids is 1. The molecule has 1 unspecified atom stereocenters. The van der Waals surface area contributed by atoms with E-state index in [0.717, 1.165) is 47.0 Å². The van der Waals surface area contributed by atoms with Crippen molar-refractivity contribution in [3.63, 3.8) is 0 Å². The first-order valence-electron chi connectivity index (χ1n) is 7.70. The topological polar surface area (TPSA) is 33.2 Å². The minimum Gasteiger partial charge on any atom is -0.310 e. The molecule has 3 nitrogen and oxygen atoms in total. The van der Waals surface area contributed by atoms with Crippen LogP contribution in [0.4, 0.5) is 5.69 Å². The van der Waals surface area contributed by atoms with Gasteiger partial charge >= 0.3 is 0 Å². The summed E-state index contributed by atoms with van der Waals surface area (Å²) in [5.74, 6) is 1.10. The summed E-state index contributed by atoms with van der Waals surface area (Å²) in [4.78, 5) is 19.1. The summed E-state index contributed by atoms with van der Waals surface area (Å²) in [7, 11) is 0. The fraction of sp³-hybridized carbons (Fsp3) is 0.333. The maximum atomic E-state index is 13.0. The molecule has 0 spiro atoms. The van der Waals surface area contributed by atoms with Crippen LogP contribution in [0.25, 0.3) is 0 Å². The molecule has 0 aliphatic heterocycles. The zero-order valence-electron chi connectivity index (χ0n) is 13.0. The highest BCUT2D eigenvalue weighted by atomic mass is 35.5. The van der Waals surface area contributed by atoms with Gasteiger partial charge in [-0.1, -0.05) is 23.7 Å². The zero-order chi connectivity index (χ0) is 16.2. The molecule has 1 amide bonds. The third kappa shape index (κ3) is 3.38. The number of hydrogen-bond acceptors (Lipinski definition) is 3. The molecular weight excluding hydrogens is 328 g/mol. The van der Waals surface area contributed by atoms with Crippen LogP contribution in [0.5, 0.6) is 0 Å². The Morgan fingerprint density at radius 3 is 3.00 bits per heavy atom. The van der Waals surface area contributed by atoms with Crippen molar-refractivity contribution in [2.75, 3.05) is 23.5 Å². The monoisotopic (exact) mass is 346 g/mol. The van der Waals surface area contributed by atoms with E-state index in [0.29, 0.717) is 0 Å². The number of amides is 1. The summed E-state index contributed by atoms with van der Waals surface area (Å²) < 4.78 is 0. The van der Waals surface area contributed by atoms with E-state index >= 15 is 0 Å². The number of thioether (sulfide) groups is 1. The summed E-state index contributed by atoms with van der Waals surface area (Å²) in [5.41, 5.74) is 3.05. The third-order valence-electron chi connectivity index (χ3n) is 4.19. The van der Waals surface area contributed by atoms with Gasteiger partial charge in [-0.2, -0.15) is 11.8 Å². The number of nitrogens with zero attached hydrogens (tertiary/aromatic N) is 2. The summed E-state index contributed by atoms with van der Waals surface area (Å²) in [5, 5.41) is 0.766. The molecule has 0 N–H and O–H groups in total. The maximum Gasteiger partial charge on any atom is 0.234 e. The van der Waals surface area contributed by atoms with Crippen LogP contribution in [0.1, 0.15) is 23.5 Å². The highest BCUT2D eigenvalue weighted by Crippen LogP contribution is 2.41. The number of hydrogen-bond donors (Lipinski definition) is 0. The van der Waals surface area contributed by atoms with Crippen LogP contribution >= 0.6 is 23.4 Å². The van der Waals surface area contributed by atoms with E-state index in [1.54, 1.807) is 24.2 Å². The molecule has 1 heterocycles. The quantitative estimate of drug-likeness (QED) is 0.736. The number of halogens is 1. The number of pyridine rings is 1. The van der Waals surface area contributed by atoms with E-state index in [9.17, 15) is 4.79 Å². The molecule has 0 radical (unpaired) electrons. The lowest BCUT2D eigenvalue weighted by Crippen LogP contribution is -2.40. The van der Waals surface area contributed by atoms with Gasteiger partial charge in [-0.15, -0.1) is 0 Å². The summed E-state index contributed by atoms with van der Waals surface area (Å²) >= 11 is 7.99. The van der Waals surface area contributed by atoms with Crippen molar-refractivity contribution < 1.29 is 4.79 Å². The second-order valence-corrected chi connectivity index (χ2v) is 7.00. The Kier molecular flexibility index (Phi) is 5.23. The van der Waals surface area contributed by atoms with E-state index < -0.39 is 0 Å². The van der Waals surface area contributed by atoms with Crippen LogP contribution in [-0.4, -0.2) is 29.4 Å². The molecule has 1 aromatic heterocycles. The first kappa shape index (κ1) is 16.3. The number of anilines is 1. The summed E-state index contributed by atoms with van der Waals surface area (Å²) in [6, 6.07) is 9.63. The van der Waals surface area contributed by atoms with Gasteiger partial charge in [-0.25, -0.2) is 0 Å². The van der Waals surface area contributed by atoms with Gasteiger partial charge in [0.2, 0.25) is 5.91 Å². The van der Waals surface area contributed by atoms with Crippen molar-refractivity contribution in [3.8, 4) is 0 Å². The van der Waals surface area contributed by atoms with Gasteiger partial charge in [0.05, 0.1) is 17.8 Å². The Hall–Kier alpha value is -1.52. The van der Waals surface area contributed by atoms with E-state index in [2.05, 4.69) is 11.2 Å². The lowest BCUT2D eigenvalue weighted by molar-refractivity contribution is -0.120. The van der Waals surface area contributed by atoms with Crippen molar-refractivity contribution in [1.82, 2.24) is 4.98 Å². The highest BCUT2D eigenvalue weighted by Gasteiger charge is 2.36. The Morgan fingerprint density at radius 1 is 1.39 bits per heavy atom. The Morgan fingerprint density at radius 2 is 2.26 bits per heavy atom. The van der Waals surface area contributed by atoms with Crippen LogP contribution in [0.2, 0.25) is 5.02 Å². The lowest BCUT2D eigenvalue weighted by Gasteiger charge is -2.34. The molecule has 0 saturated carbocycles. The standard InChI is InChI=1S/C18H19ClN2OS/c1-23-10-4-9-21(13-5-3-8-20-12-13)18(22)16-11-15-14(16)6-2-7-17(15)19/h2-3,5-8,12,16H,4,9-11H2,1H3.